The molecule has 2 saturated heterocycles. The number of aliphatic imine (C=N–C) groups is 1. The number of carbonyl (C=O) groups excluding carboxylic acids is 1. The molecule has 0 atom stereocenters. The SMILES string of the molecule is COc1cc(N=C(C)N2CCCN(C(=O)N3CCOCC3)CC2)c(C#N)c(I)c1OC. The lowest BCUT2D eigenvalue weighted by Gasteiger charge is -2.32. The number of halogens is 1. The van der Waals surface area contributed by atoms with E-state index in [4.69, 9.17) is 19.2 Å². The molecule has 1 aromatic rings. The molecule has 2 aliphatic heterocycles. The van der Waals surface area contributed by atoms with Crippen molar-refractivity contribution in [1.82, 2.24) is 14.7 Å². The van der Waals surface area contributed by atoms with E-state index in [1.54, 1.807) is 20.3 Å². The first kappa shape index (κ1) is 23.4. The fourth-order valence-electron chi connectivity index (χ4n) is 3.76. The van der Waals surface area contributed by atoms with Crippen LogP contribution in [0.5, 0.6) is 11.5 Å². The Hall–Kier alpha value is -2.26. The smallest absolute Gasteiger partial charge is 0.320 e. The van der Waals surface area contributed by atoms with Crippen molar-refractivity contribution in [2.24, 2.45) is 4.99 Å². The fourth-order valence-corrected chi connectivity index (χ4v) is 4.65. The van der Waals surface area contributed by atoms with Crippen LogP contribution in [0.25, 0.3) is 0 Å². The van der Waals surface area contributed by atoms with E-state index < -0.39 is 0 Å². The van der Waals surface area contributed by atoms with Gasteiger partial charge in [0.1, 0.15) is 11.9 Å². The van der Waals surface area contributed by atoms with E-state index in [0.29, 0.717) is 65.7 Å². The molecule has 2 fully saturated rings. The number of nitriles is 1. The number of amides is 2. The van der Waals surface area contributed by atoms with Gasteiger partial charge in [0.05, 0.1) is 42.3 Å². The van der Waals surface area contributed by atoms with Gasteiger partial charge < -0.3 is 28.9 Å². The molecule has 0 bridgehead atoms. The number of methoxy groups -OCH3 is 2. The van der Waals surface area contributed by atoms with Gasteiger partial charge in [0.25, 0.3) is 0 Å². The predicted molar refractivity (Wildman–Crippen MR) is 125 cm³/mol. The van der Waals surface area contributed by atoms with E-state index in [9.17, 15) is 10.1 Å². The summed E-state index contributed by atoms with van der Waals surface area (Å²) < 4.78 is 16.8. The van der Waals surface area contributed by atoms with Crippen molar-refractivity contribution in [3.63, 3.8) is 0 Å². The lowest BCUT2D eigenvalue weighted by Crippen LogP contribution is -2.49. The average Bonchev–Trinajstić information content (AvgIpc) is 3.05. The molecule has 2 aliphatic rings. The molecule has 3 rings (SSSR count). The van der Waals surface area contributed by atoms with Crippen molar-refractivity contribution >= 4 is 40.1 Å². The number of hydrogen-bond acceptors (Lipinski definition) is 6. The summed E-state index contributed by atoms with van der Waals surface area (Å²) in [5.41, 5.74) is 1.00. The molecule has 2 heterocycles. The zero-order valence-corrected chi connectivity index (χ0v) is 20.3. The zero-order valence-electron chi connectivity index (χ0n) is 18.2. The molecule has 9 nitrogen and oxygen atoms in total. The van der Waals surface area contributed by atoms with Gasteiger partial charge in [0.2, 0.25) is 0 Å². The fraction of sp³-hybridized carbons (Fsp3) is 0.571. The second-order valence-corrected chi connectivity index (χ2v) is 8.38. The normalized spacial score (nSPS) is 17.8. The summed E-state index contributed by atoms with van der Waals surface area (Å²) in [5, 5.41) is 9.68. The quantitative estimate of drug-likeness (QED) is 0.332. The van der Waals surface area contributed by atoms with Crippen LogP contribution in [0.3, 0.4) is 0 Å². The maximum Gasteiger partial charge on any atom is 0.320 e. The first-order valence-electron chi connectivity index (χ1n) is 10.3. The van der Waals surface area contributed by atoms with Crippen molar-refractivity contribution in [3.8, 4) is 17.6 Å². The molecule has 0 saturated carbocycles. The van der Waals surface area contributed by atoms with E-state index in [-0.39, 0.29) is 6.03 Å². The van der Waals surface area contributed by atoms with Gasteiger partial charge in [-0.15, -0.1) is 0 Å². The summed E-state index contributed by atoms with van der Waals surface area (Å²) in [6, 6.07) is 4.05. The highest BCUT2D eigenvalue weighted by molar-refractivity contribution is 14.1. The highest BCUT2D eigenvalue weighted by Gasteiger charge is 2.25. The third kappa shape index (κ3) is 5.33. The number of nitrogens with zero attached hydrogens (tertiary/aromatic N) is 5. The van der Waals surface area contributed by atoms with E-state index >= 15 is 0 Å². The number of rotatable bonds is 3. The third-order valence-corrected chi connectivity index (χ3v) is 6.52. The highest BCUT2D eigenvalue weighted by Crippen LogP contribution is 2.40. The summed E-state index contributed by atoms with van der Waals surface area (Å²) in [4.78, 5) is 23.5. The molecule has 0 spiro atoms. The van der Waals surface area contributed by atoms with Crippen molar-refractivity contribution in [3.05, 3.63) is 15.2 Å². The average molecular weight is 541 g/mol. The van der Waals surface area contributed by atoms with E-state index in [1.807, 2.05) is 16.7 Å². The molecule has 168 valence electrons. The molecule has 1 aromatic carbocycles. The van der Waals surface area contributed by atoms with Crippen molar-refractivity contribution in [2.75, 3.05) is 66.7 Å². The van der Waals surface area contributed by atoms with Crippen LogP contribution in [0.2, 0.25) is 0 Å². The Kier molecular flexibility index (Phi) is 8.20. The first-order chi connectivity index (χ1) is 15.0. The lowest BCUT2D eigenvalue weighted by molar-refractivity contribution is 0.0437. The highest BCUT2D eigenvalue weighted by atomic mass is 127. The van der Waals surface area contributed by atoms with Crippen LogP contribution in [-0.4, -0.2) is 93.3 Å². The number of morpholine rings is 1. The monoisotopic (exact) mass is 541 g/mol. The Balaban J connectivity index is 1.76. The number of benzene rings is 1. The minimum atomic E-state index is 0.0842. The molecular weight excluding hydrogens is 513 g/mol. The topological polar surface area (TPSA) is 90.6 Å². The number of carbonyl (C=O) groups is 1. The van der Waals surface area contributed by atoms with Crippen LogP contribution in [0, 0.1) is 14.9 Å². The summed E-state index contributed by atoms with van der Waals surface area (Å²) in [6.45, 7) is 7.28. The van der Waals surface area contributed by atoms with E-state index in [1.165, 1.54) is 0 Å². The second kappa shape index (κ2) is 10.9. The van der Waals surface area contributed by atoms with Crippen LogP contribution < -0.4 is 9.47 Å². The second-order valence-electron chi connectivity index (χ2n) is 7.30. The summed E-state index contributed by atoms with van der Waals surface area (Å²) >= 11 is 2.09. The van der Waals surface area contributed by atoms with Crippen LogP contribution in [0.15, 0.2) is 11.1 Å². The van der Waals surface area contributed by atoms with E-state index in [0.717, 1.165) is 25.3 Å². The molecular formula is C21H28IN5O4. The van der Waals surface area contributed by atoms with Gasteiger partial charge in [-0.3, -0.25) is 0 Å². The van der Waals surface area contributed by atoms with Crippen LogP contribution in [0.4, 0.5) is 10.5 Å². The van der Waals surface area contributed by atoms with Gasteiger partial charge in [-0.1, -0.05) is 0 Å². The number of urea groups is 1. The molecule has 0 N–H and O–H groups in total. The summed E-state index contributed by atoms with van der Waals surface area (Å²) in [6.07, 6.45) is 0.859. The maximum atomic E-state index is 12.8. The zero-order chi connectivity index (χ0) is 22.4. The van der Waals surface area contributed by atoms with Gasteiger partial charge in [0, 0.05) is 45.3 Å². The molecule has 0 aromatic heterocycles. The Bertz CT molecular complexity index is 880. The van der Waals surface area contributed by atoms with Gasteiger partial charge >= 0.3 is 6.03 Å². The van der Waals surface area contributed by atoms with E-state index in [2.05, 4.69) is 33.6 Å². The summed E-state index contributed by atoms with van der Waals surface area (Å²) in [7, 11) is 3.12. The Morgan fingerprint density at radius 2 is 1.74 bits per heavy atom. The standard InChI is InChI=1S/C21H28IN5O4/c1-15(24-17-13-18(29-2)20(30-3)19(22)16(17)14-23)25-5-4-6-26(8-7-25)21(28)27-9-11-31-12-10-27/h13H,4-12H2,1-3H3. The molecule has 0 unspecified atom stereocenters. The Morgan fingerprint density at radius 1 is 1.10 bits per heavy atom. The minimum Gasteiger partial charge on any atom is -0.493 e. The lowest BCUT2D eigenvalue weighted by atomic mass is 10.1. The largest absolute Gasteiger partial charge is 0.493 e. The van der Waals surface area contributed by atoms with Gasteiger partial charge in [-0.2, -0.15) is 5.26 Å². The van der Waals surface area contributed by atoms with Crippen LogP contribution >= 0.6 is 22.6 Å². The maximum absolute atomic E-state index is 12.8. The van der Waals surface area contributed by atoms with Gasteiger partial charge in [-0.25, -0.2) is 9.79 Å². The van der Waals surface area contributed by atoms with Gasteiger partial charge in [-0.05, 0) is 35.9 Å². The van der Waals surface area contributed by atoms with Gasteiger partial charge in [0.15, 0.2) is 11.5 Å². The molecule has 0 aliphatic carbocycles. The molecule has 31 heavy (non-hydrogen) atoms. The number of ether oxygens (including phenoxy) is 3. The summed E-state index contributed by atoms with van der Waals surface area (Å²) in [5.74, 6) is 1.87. The first-order valence-corrected chi connectivity index (χ1v) is 11.3. The molecule has 10 heteroatoms. The van der Waals surface area contributed by atoms with Crippen LogP contribution in [-0.2, 0) is 4.74 Å². The third-order valence-electron chi connectivity index (χ3n) is 5.49. The minimum absolute atomic E-state index is 0.0842. The molecule has 0 radical (unpaired) electrons. The number of amidine groups is 1. The number of hydrogen-bond donors (Lipinski definition) is 0. The Labute approximate surface area is 196 Å². The Morgan fingerprint density at radius 3 is 2.39 bits per heavy atom. The van der Waals surface area contributed by atoms with Crippen molar-refractivity contribution in [1.29, 1.82) is 5.26 Å². The van der Waals surface area contributed by atoms with Crippen molar-refractivity contribution in [2.45, 2.75) is 13.3 Å². The van der Waals surface area contributed by atoms with Crippen molar-refractivity contribution < 1.29 is 19.0 Å². The van der Waals surface area contributed by atoms with Crippen LogP contribution in [0.1, 0.15) is 18.9 Å². The molecule has 2 amide bonds. The predicted octanol–water partition coefficient (Wildman–Crippen LogP) is 2.69.